The van der Waals surface area contributed by atoms with Crippen LogP contribution in [0.4, 0.5) is 0 Å². The first-order chi connectivity index (χ1) is 15.0. The summed E-state index contributed by atoms with van der Waals surface area (Å²) in [5.74, 6) is 0.814. The van der Waals surface area contributed by atoms with E-state index in [1.807, 2.05) is 11.0 Å². The molecule has 166 valence electrons. The molecule has 1 aliphatic carbocycles. The Morgan fingerprint density at radius 2 is 1.97 bits per heavy atom. The van der Waals surface area contributed by atoms with Crippen LogP contribution in [0.3, 0.4) is 0 Å². The number of hydrogen-bond acceptors (Lipinski definition) is 4. The van der Waals surface area contributed by atoms with Crippen LogP contribution in [0.25, 0.3) is 5.65 Å². The van der Waals surface area contributed by atoms with E-state index in [-0.39, 0.29) is 11.5 Å². The molecule has 31 heavy (non-hydrogen) atoms. The van der Waals surface area contributed by atoms with Gasteiger partial charge in [-0.3, -0.25) is 19.6 Å². The molecular formula is C24H33N5O2. The maximum atomic E-state index is 13.2. The molecule has 1 saturated heterocycles. The molecule has 7 nitrogen and oxygen atoms in total. The van der Waals surface area contributed by atoms with Gasteiger partial charge in [0.1, 0.15) is 0 Å². The highest BCUT2D eigenvalue weighted by Crippen LogP contribution is 2.30. The van der Waals surface area contributed by atoms with Gasteiger partial charge < -0.3 is 4.90 Å². The number of aromatic nitrogens is 3. The summed E-state index contributed by atoms with van der Waals surface area (Å²) >= 11 is 0. The third-order valence-corrected chi connectivity index (χ3v) is 7.41. The number of rotatable bonds is 3. The van der Waals surface area contributed by atoms with Crippen LogP contribution in [-0.2, 0) is 17.8 Å². The predicted molar refractivity (Wildman–Crippen MR) is 120 cm³/mol. The van der Waals surface area contributed by atoms with Crippen LogP contribution in [0, 0.1) is 5.92 Å². The third kappa shape index (κ3) is 3.84. The molecule has 0 unspecified atom stereocenters. The molecule has 2 aromatic heterocycles. The zero-order valence-electron chi connectivity index (χ0n) is 18.6. The van der Waals surface area contributed by atoms with Gasteiger partial charge in [-0.25, -0.2) is 9.50 Å². The second-order valence-corrected chi connectivity index (χ2v) is 9.64. The van der Waals surface area contributed by atoms with Gasteiger partial charge in [-0.05, 0) is 46.0 Å². The fraction of sp³-hybridized carbons (Fsp3) is 0.625. The minimum absolute atomic E-state index is 0.0366. The normalized spacial score (nSPS) is 22.9. The Morgan fingerprint density at radius 3 is 2.68 bits per heavy atom. The number of carbonyl (C=O) groups is 1. The van der Waals surface area contributed by atoms with Crippen LogP contribution in [0.15, 0.2) is 23.0 Å². The molecule has 2 aliphatic heterocycles. The van der Waals surface area contributed by atoms with Crippen molar-refractivity contribution in [3.05, 3.63) is 45.5 Å². The van der Waals surface area contributed by atoms with Gasteiger partial charge in [0.05, 0.1) is 11.3 Å². The van der Waals surface area contributed by atoms with Crippen molar-refractivity contribution >= 4 is 11.6 Å². The van der Waals surface area contributed by atoms with Crippen molar-refractivity contribution < 1.29 is 4.79 Å². The van der Waals surface area contributed by atoms with Crippen LogP contribution in [0.5, 0.6) is 0 Å². The number of fused-ring (bicyclic) bond motifs is 2. The first kappa shape index (κ1) is 20.5. The Bertz CT molecular complexity index is 1060. The molecular weight excluding hydrogens is 390 g/mol. The van der Waals surface area contributed by atoms with Gasteiger partial charge in [-0.15, -0.1) is 0 Å². The Labute approximate surface area is 183 Å². The molecule has 0 spiro atoms. The maximum absolute atomic E-state index is 13.2. The fourth-order valence-electron chi connectivity index (χ4n) is 5.36. The molecule has 3 aliphatic rings. The van der Waals surface area contributed by atoms with Crippen molar-refractivity contribution in [3.63, 3.8) is 0 Å². The summed E-state index contributed by atoms with van der Waals surface area (Å²) < 4.78 is 1.63. The second-order valence-electron chi connectivity index (χ2n) is 9.64. The molecule has 1 amide bonds. The Morgan fingerprint density at radius 1 is 1.16 bits per heavy atom. The van der Waals surface area contributed by atoms with Crippen molar-refractivity contribution in [2.75, 3.05) is 19.6 Å². The summed E-state index contributed by atoms with van der Waals surface area (Å²) in [6.07, 6.45) is 9.89. The minimum atomic E-state index is 0.0366. The first-order valence-corrected chi connectivity index (χ1v) is 11.8. The van der Waals surface area contributed by atoms with Crippen molar-refractivity contribution in [2.45, 2.75) is 70.9 Å². The lowest BCUT2D eigenvalue weighted by Crippen LogP contribution is -2.41. The maximum Gasteiger partial charge on any atom is 0.277 e. The number of aromatic amines is 1. The number of hydrogen-bond donors (Lipinski definition) is 1. The molecule has 0 aromatic carbocycles. The van der Waals surface area contributed by atoms with Gasteiger partial charge in [0.2, 0.25) is 5.91 Å². The van der Waals surface area contributed by atoms with E-state index in [2.05, 4.69) is 36.0 Å². The summed E-state index contributed by atoms with van der Waals surface area (Å²) in [4.78, 5) is 35.2. The van der Waals surface area contributed by atoms with Gasteiger partial charge >= 0.3 is 0 Å². The number of H-pyrrole nitrogens is 1. The molecule has 5 rings (SSSR count). The van der Waals surface area contributed by atoms with Crippen LogP contribution >= 0.6 is 0 Å². The van der Waals surface area contributed by atoms with Crippen molar-refractivity contribution in [2.24, 2.45) is 5.92 Å². The zero-order chi connectivity index (χ0) is 21.5. The molecule has 0 radical (unpaired) electrons. The van der Waals surface area contributed by atoms with Gasteiger partial charge in [0.15, 0.2) is 5.65 Å². The van der Waals surface area contributed by atoms with E-state index >= 15 is 0 Å². The van der Waals surface area contributed by atoms with Gasteiger partial charge in [0.25, 0.3) is 5.56 Å². The quantitative estimate of drug-likeness (QED) is 0.771. The molecule has 4 heterocycles. The van der Waals surface area contributed by atoms with E-state index in [9.17, 15) is 9.59 Å². The molecule has 0 bridgehead atoms. The SMILES string of the molecule is CC(C)N1CCc2nc3cc(C4CCN(C(=O)[C@H]5CC=CCC5)CC4)[nH]n3c(=O)c2C1. The van der Waals surface area contributed by atoms with Crippen LogP contribution < -0.4 is 5.56 Å². The topological polar surface area (TPSA) is 73.7 Å². The van der Waals surface area contributed by atoms with Crippen molar-refractivity contribution in [1.82, 2.24) is 24.4 Å². The molecule has 7 heteroatoms. The molecule has 1 fully saturated rings. The average molecular weight is 424 g/mol. The lowest BCUT2D eigenvalue weighted by Gasteiger charge is -2.34. The van der Waals surface area contributed by atoms with Crippen LogP contribution in [-0.4, -0.2) is 56.0 Å². The van der Waals surface area contributed by atoms with Crippen molar-refractivity contribution in [1.29, 1.82) is 0 Å². The highest BCUT2D eigenvalue weighted by molar-refractivity contribution is 5.79. The summed E-state index contributed by atoms with van der Waals surface area (Å²) in [6.45, 7) is 7.55. The van der Waals surface area contributed by atoms with Gasteiger partial charge in [-0.2, -0.15) is 0 Å². The van der Waals surface area contributed by atoms with Gasteiger partial charge in [-0.1, -0.05) is 12.2 Å². The predicted octanol–water partition coefficient (Wildman–Crippen LogP) is 2.85. The van der Waals surface area contributed by atoms with Crippen molar-refractivity contribution in [3.8, 4) is 0 Å². The molecule has 0 saturated carbocycles. The van der Waals surface area contributed by atoms with E-state index in [0.29, 0.717) is 24.4 Å². The minimum Gasteiger partial charge on any atom is -0.342 e. The second kappa shape index (κ2) is 8.26. The van der Waals surface area contributed by atoms with E-state index in [0.717, 1.165) is 80.8 Å². The number of piperidine rings is 1. The Balaban J connectivity index is 1.31. The summed E-state index contributed by atoms with van der Waals surface area (Å²) in [5.41, 5.74) is 3.61. The summed E-state index contributed by atoms with van der Waals surface area (Å²) in [7, 11) is 0. The molecule has 2 aromatic rings. The standard InChI is InChI=1S/C24H33N5O2/c1-16(2)28-13-10-20-19(15-28)24(31)29-22(25-20)14-21(26-29)17-8-11-27(12-9-17)23(30)18-6-4-3-5-7-18/h3-4,14,16-18,26H,5-13,15H2,1-2H3/t18-/m0/s1. The van der Waals surface area contributed by atoms with Crippen LogP contribution in [0.1, 0.15) is 68.8 Å². The number of allylic oxidation sites excluding steroid dienone is 2. The Hall–Kier alpha value is -2.41. The van der Waals surface area contributed by atoms with E-state index in [4.69, 9.17) is 4.98 Å². The highest BCUT2D eigenvalue weighted by Gasteiger charge is 2.30. The first-order valence-electron chi connectivity index (χ1n) is 11.8. The summed E-state index contributed by atoms with van der Waals surface area (Å²) in [6, 6.07) is 2.47. The number of nitrogens with zero attached hydrogens (tertiary/aromatic N) is 4. The summed E-state index contributed by atoms with van der Waals surface area (Å²) in [5, 5.41) is 3.35. The van der Waals surface area contributed by atoms with E-state index in [1.54, 1.807) is 4.52 Å². The lowest BCUT2D eigenvalue weighted by atomic mass is 9.90. The molecule has 1 N–H and O–H groups in total. The van der Waals surface area contributed by atoms with Crippen LogP contribution in [0.2, 0.25) is 0 Å². The smallest absolute Gasteiger partial charge is 0.277 e. The zero-order valence-corrected chi connectivity index (χ0v) is 18.6. The van der Waals surface area contributed by atoms with E-state index in [1.165, 1.54) is 0 Å². The third-order valence-electron chi connectivity index (χ3n) is 7.41. The van der Waals surface area contributed by atoms with Gasteiger partial charge in [0, 0.05) is 62.2 Å². The largest absolute Gasteiger partial charge is 0.342 e. The monoisotopic (exact) mass is 423 g/mol. The highest BCUT2D eigenvalue weighted by atomic mass is 16.2. The number of carbonyl (C=O) groups excluding carboxylic acids is 1. The average Bonchev–Trinajstić information content (AvgIpc) is 3.23. The fourth-order valence-corrected chi connectivity index (χ4v) is 5.36. The lowest BCUT2D eigenvalue weighted by molar-refractivity contribution is -0.136. The number of amides is 1. The number of likely N-dealkylation sites (tertiary alicyclic amines) is 1. The Kier molecular flexibility index (Phi) is 5.46. The molecule has 1 atom stereocenters. The number of nitrogens with one attached hydrogen (secondary N) is 1. The van der Waals surface area contributed by atoms with E-state index < -0.39 is 0 Å².